The van der Waals surface area contributed by atoms with Crippen LogP contribution in [0.2, 0.25) is 0 Å². The van der Waals surface area contributed by atoms with Gasteiger partial charge in [-0.05, 0) is 34.6 Å². The number of aliphatic hydroxyl groups excluding tert-OH is 1. The SMILES string of the molecule is Cc1csc(C(C)(C)NCC(O)COC(C)C)n1. The van der Waals surface area contributed by atoms with Crippen LogP contribution in [-0.4, -0.2) is 35.5 Å². The van der Waals surface area contributed by atoms with Gasteiger partial charge in [0.2, 0.25) is 0 Å². The highest BCUT2D eigenvalue weighted by molar-refractivity contribution is 7.09. The molecule has 5 heteroatoms. The number of aryl methyl sites for hydroxylation is 1. The van der Waals surface area contributed by atoms with Gasteiger partial charge < -0.3 is 15.2 Å². The van der Waals surface area contributed by atoms with Crippen molar-refractivity contribution in [3.8, 4) is 0 Å². The average Bonchev–Trinajstić information content (AvgIpc) is 2.71. The first-order valence-electron chi connectivity index (χ1n) is 6.28. The molecule has 18 heavy (non-hydrogen) atoms. The van der Waals surface area contributed by atoms with Gasteiger partial charge in [0, 0.05) is 17.6 Å². The Morgan fingerprint density at radius 3 is 2.67 bits per heavy atom. The third kappa shape index (κ3) is 5.02. The van der Waals surface area contributed by atoms with Crippen LogP contribution in [0.5, 0.6) is 0 Å². The van der Waals surface area contributed by atoms with E-state index in [9.17, 15) is 5.11 Å². The Morgan fingerprint density at radius 1 is 1.50 bits per heavy atom. The van der Waals surface area contributed by atoms with Crippen LogP contribution < -0.4 is 5.32 Å². The van der Waals surface area contributed by atoms with Crippen molar-refractivity contribution in [2.45, 2.75) is 52.4 Å². The lowest BCUT2D eigenvalue weighted by atomic mass is 10.1. The molecule has 1 rings (SSSR count). The lowest BCUT2D eigenvalue weighted by Crippen LogP contribution is -2.42. The number of hydrogen-bond donors (Lipinski definition) is 2. The highest BCUT2D eigenvalue weighted by Gasteiger charge is 2.24. The number of hydrogen-bond acceptors (Lipinski definition) is 5. The summed E-state index contributed by atoms with van der Waals surface area (Å²) in [6.07, 6.45) is -0.345. The van der Waals surface area contributed by atoms with Gasteiger partial charge in [-0.1, -0.05) is 0 Å². The fraction of sp³-hybridized carbons (Fsp3) is 0.769. The largest absolute Gasteiger partial charge is 0.389 e. The Balaban J connectivity index is 2.41. The van der Waals surface area contributed by atoms with Crippen LogP contribution in [0.4, 0.5) is 0 Å². The second-order valence-corrected chi connectivity index (χ2v) is 6.19. The first-order valence-corrected chi connectivity index (χ1v) is 7.16. The highest BCUT2D eigenvalue weighted by atomic mass is 32.1. The van der Waals surface area contributed by atoms with Gasteiger partial charge in [-0.2, -0.15) is 0 Å². The molecule has 0 aromatic carbocycles. The molecule has 1 aromatic rings. The van der Waals surface area contributed by atoms with E-state index >= 15 is 0 Å². The van der Waals surface area contributed by atoms with Crippen molar-refractivity contribution in [1.29, 1.82) is 0 Å². The molecule has 4 nitrogen and oxygen atoms in total. The molecule has 0 saturated heterocycles. The van der Waals surface area contributed by atoms with Crippen molar-refractivity contribution in [3.63, 3.8) is 0 Å². The zero-order chi connectivity index (χ0) is 13.8. The molecule has 104 valence electrons. The van der Waals surface area contributed by atoms with Gasteiger partial charge in [-0.25, -0.2) is 4.98 Å². The molecule has 0 saturated carbocycles. The lowest BCUT2D eigenvalue weighted by molar-refractivity contribution is 0.00394. The molecule has 0 aliphatic heterocycles. The second kappa shape index (κ2) is 6.61. The third-order valence-electron chi connectivity index (χ3n) is 2.56. The predicted octanol–water partition coefficient (Wildman–Crippen LogP) is 2.06. The van der Waals surface area contributed by atoms with Crippen molar-refractivity contribution in [1.82, 2.24) is 10.3 Å². The van der Waals surface area contributed by atoms with Crippen molar-refractivity contribution >= 4 is 11.3 Å². The van der Waals surface area contributed by atoms with Crippen molar-refractivity contribution < 1.29 is 9.84 Å². The Morgan fingerprint density at radius 2 is 2.17 bits per heavy atom. The quantitative estimate of drug-likeness (QED) is 0.798. The van der Waals surface area contributed by atoms with E-state index in [0.717, 1.165) is 10.7 Å². The molecule has 1 aromatic heterocycles. The number of rotatable bonds is 7. The van der Waals surface area contributed by atoms with Gasteiger partial charge in [-0.15, -0.1) is 11.3 Å². The third-order valence-corrected chi connectivity index (χ3v) is 3.84. The summed E-state index contributed by atoms with van der Waals surface area (Å²) in [5, 5.41) is 16.2. The number of ether oxygens (including phenoxy) is 1. The van der Waals surface area contributed by atoms with E-state index in [4.69, 9.17) is 4.74 Å². The van der Waals surface area contributed by atoms with E-state index in [0.29, 0.717) is 13.2 Å². The van der Waals surface area contributed by atoms with Gasteiger partial charge in [0.05, 0.1) is 24.4 Å². The monoisotopic (exact) mass is 272 g/mol. The van der Waals surface area contributed by atoms with Crippen molar-refractivity contribution in [3.05, 3.63) is 16.1 Å². The number of nitrogens with one attached hydrogen (secondary N) is 1. The Kier molecular flexibility index (Phi) is 5.72. The summed E-state index contributed by atoms with van der Waals surface area (Å²) in [5.74, 6) is 0. The lowest BCUT2D eigenvalue weighted by Gasteiger charge is -2.25. The molecule has 0 amide bonds. The molecule has 0 aliphatic rings. The topological polar surface area (TPSA) is 54.4 Å². The molecule has 1 unspecified atom stereocenters. The van der Waals surface area contributed by atoms with Crippen LogP contribution in [0, 0.1) is 6.92 Å². The van der Waals surface area contributed by atoms with Gasteiger partial charge in [-0.3, -0.25) is 0 Å². The molecule has 0 spiro atoms. The van der Waals surface area contributed by atoms with E-state index in [1.807, 2.05) is 26.2 Å². The smallest absolute Gasteiger partial charge is 0.112 e. The number of nitrogens with zero attached hydrogens (tertiary/aromatic N) is 1. The normalized spacial score (nSPS) is 14.2. The molecule has 1 heterocycles. The Bertz CT molecular complexity index is 364. The van der Waals surface area contributed by atoms with E-state index in [-0.39, 0.29) is 11.6 Å². The van der Waals surface area contributed by atoms with Gasteiger partial charge in [0.15, 0.2) is 0 Å². The molecule has 0 bridgehead atoms. The van der Waals surface area contributed by atoms with E-state index in [2.05, 4.69) is 24.1 Å². The summed E-state index contributed by atoms with van der Waals surface area (Å²) in [6, 6.07) is 0. The molecule has 2 N–H and O–H groups in total. The van der Waals surface area contributed by atoms with Crippen LogP contribution in [0.15, 0.2) is 5.38 Å². The zero-order valence-corrected chi connectivity index (χ0v) is 12.7. The number of thiazole rings is 1. The minimum Gasteiger partial charge on any atom is -0.389 e. The molecule has 0 aliphatic carbocycles. The summed E-state index contributed by atoms with van der Waals surface area (Å²) in [5.41, 5.74) is 0.811. The minimum absolute atomic E-state index is 0.147. The van der Waals surface area contributed by atoms with Crippen LogP contribution in [0.25, 0.3) is 0 Å². The Labute approximate surface area is 113 Å². The fourth-order valence-corrected chi connectivity index (χ4v) is 2.35. The summed E-state index contributed by atoms with van der Waals surface area (Å²) in [4.78, 5) is 4.48. The summed E-state index contributed by atoms with van der Waals surface area (Å²) < 4.78 is 5.38. The van der Waals surface area contributed by atoms with Crippen molar-refractivity contribution in [2.24, 2.45) is 0 Å². The van der Waals surface area contributed by atoms with Crippen LogP contribution in [-0.2, 0) is 10.3 Å². The molecule has 0 radical (unpaired) electrons. The van der Waals surface area contributed by atoms with E-state index in [1.54, 1.807) is 11.3 Å². The average molecular weight is 272 g/mol. The van der Waals surface area contributed by atoms with Gasteiger partial charge in [0.25, 0.3) is 0 Å². The van der Waals surface area contributed by atoms with Gasteiger partial charge in [0.1, 0.15) is 5.01 Å². The predicted molar refractivity (Wildman–Crippen MR) is 75.0 cm³/mol. The highest BCUT2D eigenvalue weighted by Crippen LogP contribution is 2.23. The summed E-state index contributed by atoms with van der Waals surface area (Å²) in [7, 11) is 0. The first-order chi connectivity index (χ1) is 8.31. The molecule has 0 fully saturated rings. The molecule has 1 atom stereocenters. The van der Waals surface area contributed by atoms with Crippen LogP contribution in [0.1, 0.15) is 38.4 Å². The van der Waals surface area contributed by atoms with Crippen molar-refractivity contribution in [2.75, 3.05) is 13.2 Å². The molecular weight excluding hydrogens is 248 g/mol. The maximum atomic E-state index is 9.81. The number of aromatic nitrogens is 1. The van der Waals surface area contributed by atoms with Crippen LogP contribution >= 0.6 is 11.3 Å². The maximum absolute atomic E-state index is 9.81. The summed E-state index contributed by atoms with van der Waals surface area (Å²) >= 11 is 1.64. The van der Waals surface area contributed by atoms with Gasteiger partial charge >= 0.3 is 0 Å². The second-order valence-electron chi connectivity index (χ2n) is 5.34. The van der Waals surface area contributed by atoms with E-state index in [1.165, 1.54) is 0 Å². The van der Waals surface area contributed by atoms with Crippen LogP contribution in [0.3, 0.4) is 0 Å². The zero-order valence-electron chi connectivity index (χ0n) is 11.9. The van der Waals surface area contributed by atoms with E-state index < -0.39 is 6.10 Å². The molecular formula is C13H24N2O2S. The number of aliphatic hydroxyl groups is 1. The minimum atomic E-state index is -0.493. The maximum Gasteiger partial charge on any atom is 0.112 e. The fourth-order valence-electron chi connectivity index (χ4n) is 1.45. The first kappa shape index (κ1) is 15.6. The summed E-state index contributed by atoms with van der Waals surface area (Å²) in [6.45, 7) is 10.9. The standard InChI is InChI=1S/C13H24N2O2S/c1-9(2)17-7-11(16)6-14-13(4,5)12-15-10(3)8-18-12/h8-9,11,14,16H,6-7H2,1-5H3. The Hall–Kier alpha value is -0.490.